The Labute approximate surface area is 104 Å². The number of carboxylic acid groups (broad SMARTS) is 1. The molecule has 0 aromatic carbocycles. The summed E-state index contributed by atoms with van der Waals surface area (Å²) in [7, 11) is 0. The highest BCUT2D eigenvalue weighted by Crippen LogP contribution is 2.35. The van der Waals surface area contributed by atoms with Crippen molar-refractivity contribution in [3.8, 4) is 0 Å². The van der Waals surface area contributed by atoms with Crippen molar-refractivity contribution in [1.29, 1.82) is 0 Å². The Kier molecular flexibility index (Phi) is 3.47. The Bertz CT molecular complexity index is 415. The summed E-state index contributed by atoms with van der Waals surface area (Å²) in [6.07, 6.45) is 1.29. The van der Waals surface area contributed by atoms with Gasteiger partial charge in [0.25, 0.3) is 0 Å². The van der Waals surface area contributed by atoms with Crippen LogP contribution >= 0.6 is 11.3 Å². The Hall–Kier alpha value is -1.36. The average molecular weight is 253 g/mol. The van der Waals surface area contributed by atoms with Crippen LogP contribution < -0.4 is 5.32 Å². The molecule has 3 unspecified atom stereocenters. The minimum Gasteiger partial charge on any atom is -0.481 e. The molecule has 0 radical (unpaired) electrons. The predicted molar refractivity (Wildman–Crippen MR) is 64.7 cm³/mol. The van der Waals surface area contributed by atoms with Gasteiger partial charge in [-0.15, -0.1) is 11.3 Å². The van der Waals surface area contributed by atoms with E-state index in [1.54, 1.807) is 11.3 Å². The number of aliphatic carboxylic acids is 1. The molecule has 1 aliphatic rings. The van der Waals surface area contributed by atoms with Gasteiger partial charge in [0.15, 0.2) is 0 Å². The summed E-state index contributed by atoms with van der Waals surface area (Å²) >= 11 is 1.59. The predicted octanol–water partition coefficient (Wildman–Crippen LogP) is 2.04. The van der Waals surface area contributed by atoms with Gasteiger partial charge < -0.3 is 10.4 Å². The molecule has 1 aliphatic carbocycles. The van der Waals surface area contributed by atoms with Gasteiger partial charge in [-0.25, -0.2) is 0 Å². The lowest BCUT2D eigenvalue weighted by Crippen LogP contribution is -2.44. The molecule has 17 heavy (non-hydrogen) atoms. The Balaban J connectivity index is 1.91. The first-order chi connectivity index (χ1) is 8.09. The molecule has 0 bridgehead atoms. The van der Waals surface area contributed by atoms with Gasteiger partial charge in [0.2, 0.25) is 5.91 Å². The van der Waals surface area contributed by atoms with Gasteiger partial charge in [-0.3, -0.25) is 9.59 Å². The topological polar surface area (TPSA) is 66.4 Å². The number of hydrogen-bond acceptors (Lipinski definition) is 3. The van der Waals surface area contributed by atoms with E-state index in [1.807, 2.05) is 24.4 Å². The van der Waals surface area contributed by atoms with Crippen molar-refractivity contribution in [2.75, 3.05) is 0 Å². The number of amides is 1. The second-order valence-corrected chi connectivity index (χ2v) is 5.35. The maximum absolute atomic E-state index is 11.9. The van der Waals surface area contributed by atoms with Gasteiger partial charge in [-0.1, -0.05) is 6.07 Å². The summed E-state index contributed by atoms with van der Waals surface area (Å²) in [6, 6.07) is 3.86. The molecule has 1 heterocycles. The van der Waals surface area contributed by atoms with E-state index < -0.39 is 11.9 Å². The van der Waals surface area contributed by atoms with Gasteiger partial charge in [0, 0.05) is 4.88 Å². The number of rotatable bonds is 4. The summed E-state index contributed by atoms with van der Waals surface area (Å²) in [5.41, 5.74) is 0. The normalized spacial score (nSPS) is 24.8. The highest BCUT2D eigenvalue weighted by Gasteiger charge is 2.41. The van der Waals surface area contributed by atoms with Crippen molar-refractivity contribution in [3.05, 3.63) is 22.4 Å². The van der Waals surface area contributed by atoms with Gasteiger partial charge in [0.1, 0.15) is 0 Å². The Morgan fingerprint density at radius 2 is 2.18 bits per heavy atom. The highest BCUT2D eigenvalue weighted by molar-refractivity contribution is 7.10. The lowest BCUT2D eigenvalue weighted by molar-refractivity contribution is -0.152. The number of carboxylic acids is 1. The van der Waals surface area contributed by atoms with Crippen molar-refractivity contribution in [2.45, 2.75) is 25.8 Å². The van der Waals surface area contributed by atoms with E-state index in [0.29, 0.717) is 12.8 Å². The average Bonchev–Trinajstić information content (AvgIpc) is 2.66. The van der Waals surface area contributed by atoms with Crippen LogP contribution in [-0.2, 0) is 9.59 Å². The second kappa shape index (κ2) is 4.87. The van der Waals surface area contributed by atoms with Crippen molar-refractivity contribution < 1.29 is 14.7 Å². The third-order valence-electron chi connectivity index (χ3n) is 3.26. The van der Waals surface area contributed by atoms with E-state index in [1.165, 1.54) is 0 Å². The molecule has 2 rings (SSSR count). The molecule has 0 saturated heterocycles. The molecule has 5 heteroatoms. The van der Waals surface area contributed by atoms with E-state index in [2.05, 4.69) is 5.32 Å². The summed E-state index contributed by atoms with van der Waals surface area (Å²) < 4.78 is 0. The van der Waals surface area contributed by atoms with Crippen LogP contribution in [0.5, 0.6) is 0 Å². The molecule has 4 nitrogen and oxygen atoms in total. The van der Waals surface area contributed by atoms with Crippen LogP contribution in [0, 0.1) is 11.8 Å². The van der Waals surface area contributed by atoms with E-state index in [9.17, 15) is 9.59 Å². The van der Waals surface area contributed by atoms with Crippen LogP contribution in [0.3, 0.4) is 0 Å². The van der Waals surface area contributed by atoms with Gasteiger partial charge in [-0.05, 0) is 31.2 Å². The van der Waals surface area contributed by atoms with Crippen LogP contribution in [0.4, 0.5) is 0 Å². The molecular weight excluding hydrogens is 238 g/mol. The molecule has 1 fully saturated rings. The molecule has 2 N–H and O–H groups in total. The summed E-state index contributed by atoms with van der Waals surface area (Å²) in [5, 5.41) is 13.7. The third kappa shape index (κ3) is 2.49. The highest BCUT2D eigenvalue weighted by atomic mass is 32.1. The summed E-state index contributed by atoms with van der Waals surface area (Å²) in [5.74, 6) is -1.84. The zero-order valence-corrected chi connectivity index (χ0v) is 10.4. The van der Waals surface area contributed by atoms with Crippen LogP contribution in [0.15, 0.2) is 17.5 Å². The van der Waals surface area contributed by atoms with Crippen LogP contribution in [0.1, 0.15) is 30.7 Å². The van der Waals surface area contributed by atoms with E-state index in [4.69, 9.17) is 5.11 Å². The third-order valence-corrected chi connectivity index (χ3v) is 4.31. The fourth-order valence-electron chi connectivity index (χ4n) is 2.04. The van der Waals surface area contributed by atoms with E-state index in [-0.39, 0.29) is 17.9 Å². The molecule has 3 atom stereocenters. The molecule has 1 aromatic rings. The smallest absolute Gasteiger partial charge is 0.307 e. The first kappa shape index (κ1) is 12.1. The Morgan fingerprint density at radius 1 is 1.47 bits per heavy atom. The molecule has 1 saturated carbocycles. The minimum absolute atomic E-state index is 0.0439. The second-order valence-electron chi connectivity index (χ2n) is 4.37. The minimum atomic E-state index is -0.861. The standard InChI is InChI=1S/C12H15NO3S/c1-7(10-3-2-6-17-10)13-11(14)8-4-5-9(8)12(15)16/h2-3,6-9H,4-5H2,1H3,(H,13,14)(H,15,16). The fourth-order valence-corrected chi connectivity index (χ4v) is 2.77. The molecular formula is C12H15NO3S. The van der Waals surface area contributed by atoms with E-state index >= 15 is 0 Å². The number of hydrogen-bond donors (Lipinski definition) is 2. The summed E-state index contributed by atoms with van der Waals surface area (Å²) in [4.78, 5) is 23.8. The van der Waals surface area contributed by atoms with Crippen LogP contribution in [-0.4, -0.2) is 17.0 Å². The van der Waals surface area contributed by atoms with E-state index in [0.717, 1.165) is 4.88 Å². The molecule has 1 aromatic heterocycles. The number of thiophene rings is 1. The van der Waals surface area contributed by atoms with Crippen LogP contribution in [0.25, 0.3) is 0 Å². The Morgan fingerprint density at radius 3 is 2.65 bits per heavy atom. The first-order valence-electron chi connectivity index (χ1n) is 5.66. The monoisotopic (exact) mass is 253 g/mol. The number of carbonyl (C=O) groups is 2. The summed E-state index contributed by atoms with van der Waals surface area (Å²) in [6.45, 7) is 1.91. The van der Waals surface area contributed by atoms with Crippen molar-refractivity contribution in [1.82, 2.24) is 5.32 Å². The SMILES string of the molecule is CC(NC(=O)C1CCC1C(=O)O)c1cccs1. The molecule has 0 spiro atoms. The lowest BCUT2D eigenvalue weighted by atomic mass is 9.73. The van der Waals surface area contributed by atoms with Crippen molar-refractivity contribution >= 4 is 23.2 Å². The van der Waals surface area contributed by atoms with Crippen molar-refractivity contribution in [2.24, 2.45) is 11.8 Å². The fraction of sp³-hybridized carbons (Fsp3) is 0.500. The van der Waals surface area contributed by atoms with Gasteiger partial charge in [-0.2, -0.15) is 0 Å². The number of nitrogens with one attached hydrogen (secondary N) is 1. The number of carbonyl (C=O) groups excluding carboxylic acids is 1. The van der Waals surface area contributed by atoms with Gasteiger partial charge >= 0.3 is 5.97 Å². The van der Waals surface area contributed by atoms with Gasteiger partial charge in [0.05, 0.1) is 17.9 Å². The maximum Gasteiger partial charge on any atom is 0.307 e. The lowest BCUT2D eigenvalue weighted by Gasteiger charge is -2.32. The largest absolute Gasteiger partial charge is 0.481 e. The molecule has 92 valence electrons. The van der Waals surface area contributed by atoms with Crippen molar-refractivity contribution in [3.63, 3.8) is 0 Å². The molecule has 1 amide bonds. The molecule has 0 aliphatic heterocycles. The zero-order chi connectivity index (χ0) is 12.4. The van der Waals surface area contributed by atoms with Crippen LogP contribution in [0.2, 0.25) is 0 Å². The first-order valence-corrected chi connectivity index (χ1v) is 6.54. The zero-order valence-electron chi connectivity index (χ0n) is 9.55. The maximum atomic E-state index is 11.9. The quantitative estimate of drug-likeness (QED) is 0.863.